The summed E-state index contributed by atoms with van der Waals surface area (Å²) in [5.74, 6) is -0.459. The van der Waals surface area contributed by atoms with Crippen LogP contribution in [0.5, 0.6) is 5.75 Å². The van der Waals surface area contributed by atoms with E-state index in [-0.39, 0.29) is 18.7 Å². The molecule has 9 heteroatoms. The van der Waals surface area contributed by atoms with E-state index in [2.05, 4.69) is 5.16 Å². The summed E-state index contributed by atoms with van der Waals surface area (Å²) in [6.45, 7) is 0. The van der Waals surface area contributed by atoms with E-state index in [0.717, 1.165) is 5.56 Å². The molecule has 19 heavy (non-hydrogen) atoms. The van der Waals surface area contributed by atoms with Crippen molar-refractivity contribution in [2.24, 2.45) is 5.16 Å². The van der Waals surface area contributed by atoms with Crippen molar-refractivity contribution in [3.05, 3.63) is 29.8 Å². The molecule has 8 nitrogen and oxygen atoms in total. The Morgan fingerprint density at radius 2 is 1.89 bits per heavy atom. The van der Waals surface area contributed by atoms with Gasteiger partial charge in [0.25, 0.3) is 0 Å². The molecule has 0 aromatic heterocycles. The van der Waals surface area contributed by atoms with E-state index >= 15 is 0 Å². The smallest absolute Gasteiger partial charge is 0.368 e. The first kappa shape index (κ1) is 17.6. The normalized spacial score (nSPS) is 17.6. The number of nitrogens with zero attached hydrogens (tertiary/aromatic N) is 1. The van der Waals surface area contributed by atoms with Crippen LogP contribution in [0.25, 0.3) is 0 Å². The molecule has 0 saturated carbocycles. The third-order valence-corrected chi connectivity index (χ3v) is 3.48. The third kappa shape index (κ3) is 4.02. The van der Waals surface area contributed by atoms with Crippen LogP contribution in [0.4, 0.5) is 0 Å². The van der Waals surface area contributed by atoms with Crippen molar-refractivity contribution in [2.75, 3.05) is 7.11 Å². The van der Waals surface area contributed by atoms with Crippen LogP contribution < -0.4 is 17.0 Å². The average Bonchev–Trinajstić information content (AvgIpc) is 2.78. The lowest BCUT2D eigenvalue weighted by molar-refractivity contribution is 0.117. The SMILES string of the molecule is COc1ccc(C2=NOC(P(=O)(O)O)C2)cc1.N.N. The van der Waals surface area contributed by atoms with Crippen LogP contribution in [0.3, 0.4) is 0 Å². The Balaban J connectivity index is 0.00000162. The van der Waals surface area contributed by atoms with Gasteiger partial charge < -0.3 is 31.7 Å². The minimum Gasteiger partial charge on any atom is -0.497 e. The molecule has 1 aliphatic heterocycles. The maximum Gasteiger partial charge on any atom is 0.368 e. The average molecular weight is 291 g/mol. The maximum atomic E-state index is 11.0. The summed E-state index contributed by atoms with van der Waals surface area (Å²) in [7, 11) is -2.68. The number of hydrogen-bond acceptors (Lipinski definition) is 6. The molecule has 0 fully saturated rings. The van der Waals surface area contributed by atoms with E-state index in [1.165, 1.54) is 0 Å². The molecule has 0 aliphatic carbocycles. The fraction of sp³-hybridized carbons (Fsp3) is 0.300. The van der Waals surface area contributed by atoms with E-state index in [0.29, 0.717) is 11.5 Å². The lowest BCUT2D eigenvalue weighted by atomic mass is 10.1. The Hall–Kier alpha value is -1.44. The number of hydrogen-bond donors (Lipinski definition) is 4. The van der Waals surface area contributed by atoms with E-state index in [1.54, 1.807) is 31.4 Å². The second kappa shape index (κ2) is 6.65. The molecule has 1 aliphatic rings. The summed E-state index contributed by atoms with van der Waals surface area (Å²) in [5.41, 5.74) is 1.29. The van der Waals surface area contributed by atoms with Crippen LogP contribution >= 0.6 is 7.60 Å². The van der Waals surface area contributed by atoms with Crippen molar-refractivity contribution in [3.8, 4) is 5.75 Å². The van der Waals surface area contributed by atoms with Crippen molar-refractivity contribution < 1.29 is 23.9 Å². The number of benzene rings is 1. The van der Waals surface area contributed by atoms with Crippen molar-refractivity contribution in [2.45, 2.75) is 12.3 Å². The summed E-state index contributed by atoms with van der Waals surface area (Å²) >= 11 is 0. The quantitative estimate of drug-likeness (QED) is 0.616. The van der Waals surface area contributed by atoms with E-state index in [1.807, 2.05) is 0 Å². The van der Waals surface area contributed by atoms with Gasteiger partial charge in [0.2, 0.25) is 5.85 Å². The van der Waals surface area contributed by atoms with Crippen molar-refractivity contribution in [3.63, 3.8) is 0 Å². The summed E-state index contributed by atoms with van der Waals surface area (Å²) in [6.07, 6.45) is 0.108. The Morgan fingerprint density at radius 3 is 2.32 bits per heavy atom. The Kier molecular flexibility index (Phi) is 6.14. The number of methoxy groups -OCH3 is 1. The van der Waals surface area contributed by atoms with Gasteiger partial charge >= 0.3 is 7.60 Å². The van der Waals surface area contributed by atoms with Gasteiger partial charge in [-0.3, -0.25) is 4.57 Å². The van der Waals surface area contributed by atoms with E-state index in [4.69, 9.17) is 19.4 Å². The van der Waals surface area contributed by atoms with Crippen molar-refractivity contribution in [1.29, 1.82) is 0 Å². The fourth-order valence-corrected chi connectivity index (χ4v) is 2.08. The number of rotatable bonds is 3. The molecular formula is C10H18N3O5P. The van der Waals surface area contributed by atoms with Crippen LogP contribution in [0.1, 0.15) is 12.0 Å². The highest BCUT2D eigenvalue weighted by Gasteiger charge is 2.36. The summed E-state index contributed by atoms with van der Waals surface area (Å²) < 4.78 is 16.0. The maximum absolute atomic E-state index is 11.0. The van der Waals surface area contributed by atoms with Gasteiger partial charge in [0.05, 0.1) is 12.8 Å². The van der Waals surface area contributed by atoms with Gasteiger partial charge in [0.15, 0.2) is 0 Å². The molecule has 8 N–H and O–H groups in total. The fourth-order valence-electron chi connectivity index (χ4n) is 1.50. The first-order valence-corrected chi connectivity index (χ1v) is 6.61. The van der Waals surface area contributed by atoms with Gasteiger partial charge in [-0.25, -0.2) is 0 Å². The molecule has 1 aromatic rings. The second-order valence-electron chi connectivity index (χ2n) is 3.62. The topological polar surface area (TPSA) is 158 Å². The zero-order valence-electron chi connectivity index (χ0n) is 10.5. The van der Waals surface area contributed by atoms with Crippen LogP contribution in [0.15, 0.2) is 29.4 Å². The standard InChI is InChI=1S/C10H12NO5P.2H3N/c1-15-8-4-2-7(3-5-8)9-6-10(16-11-9)17(12,13)14;;/h2-5,10H,6H2,1H3,(H2,12,13,14);2*1H3. The molecular weight excluding hydrogens is 273 g/mol. The molecule has 108 valence electrons. The van der Waals surface area contributed by atoms with Crippen LogP contribution in [-0.2, 0) is 9.40 Å². The second-order valence-corrected chi connectivity index (χ2v) is 5.37. The first-order chi connectivity index (χ1) is 8.00. The summed E-state index contributed by atoms with van der Waals surface area (Å²) in [5, 5.41) is 3.69. The zero-order valence-corrected chi connectivity index (χ0v) is 11.4. The highest BCUT2D eigenvalue weighted by atomic mass is 31.2. The number of oxime groups is 1. The minimum absolute atomic E-state index is 0. The first-order valence-electron chi connectivity index (χ1n) is 4.93. The van der Waals surface area contributed by atoms with E-state index in [9.17, 15) is 4.57 Å². The monoisotopic (exact) mass is 291 g/mol. The molecule has 1 atom stereocenters. The molecule has 2 rings (SSSR count). The molecule has 1 aromatic carbocycles. The summed E-state index contributed by atoms with van der Waals surface area (Å²) in [6, 6.07) is 7.04. The highest BCUT2D eigenvalue weighted by Crippen LogP contribution is 2.46. The number of ether oxygens (including phenoxy) is 1. The lowest BCUT2D eigenvalue weighted by Gasteiger charge is -2.08. The highest BCUT2D eigenvalue weighted by molar-refractivity contribution is 7.52. The van der Waals surface area contributed by atoms with Crippen LogP contribution in [0, 0.1) is 0 Å². The molecule has 0 bridgehead atoms. The van der Waals surface area contributed by atoms with Gasteiger partial charge in [-0.2, -0.15) is 0 Å². The molecule has 0 amide bonds. The Morgan fingerprint density at radius 1 is 1.32 bits per heavy atom. The van der Waals surface area contributed by atoms with Gasteiger partial charge in [-0.15, -0.1) is 0 Å². The zero-order chi connectivity index (χ0) is 12.5. The van der Waals surface area contributed by atoms with Crippen molar-refractivity contribution in [1.82, 2.24) is 12.3 Å². The molecule has 1 heterocycles. The predicted molar refractivity (Wildman–Crippen MR) is 71.1 cm³/mol. The minimum atomic E-state index is -4.25. The molecule has 0 radical (unpaired) electrons. The van der Waals surface area contributed by atoms with Crippen molar-refractivity contribution >= 4 is 13.3 Å². The van der Waals surface area contributed by atoms with Crippen LogP contribution in [0.2, 0.25) is 0 Å². The van der Waals surface area contributed by atoms with Gasteiger partial charge in [0, 0.05) is 6.42 Å². The predicted octanol–water partition coefficient (Wildman–Crippen LogP) is 1.65. The molecule has 0 saturated heterocycles. The lowest BCUT2D eigenvalue weighted by Crippen LogP contribution is -2.08. The van der Waals surface area contributed by atoms with Gasteiger partial charge in [-0.1, -0.05) is 5.16 Å². The van der Waals surface area contributed by atoms with Gasteiger partial charge in [-0.05, 0) is 29.8 Å². The largest absolute Gasteiger partial charge is 0.497 e. The summed E-state index contributed by atoms with van der Waals surface area (Å²) in [4.78, 5) is 22.6. The van der Waals surface area contributed by atoms with Crippen LogP contribution in [-0.4, -0.2) is 28.5 Å². The van der Waals surface area contributed by atoms with E-state index < -0.39 is 13.4 Å². The Labute approximate surface area is 110 Å². The Bertz CT molecular complexity index is 484. The molecule has 0 spiro atoms. The third-order valence-electron chi connectivity index (χ3n) is 2.45. The molecule has 1 unspecified atom stereocenters. The van der Waals surface area contributed by atoms with Gasteiger partial charge in [0.1, 0.15) is 5.75 Å².